The number of thiazole rings is 1. The molecule has 20 heavy (non-hydrogen) atoms. The van der Waals surface area contributed by atoms with Crippen LogP contribution in [0.4, 0.5) is 0 Å². The van der Waals surface area contributed by atoms with Crippen LogP contribution in [0, 0.1) is 0 Å². The number of likely N-dealkylation sites (tertiary alicyclic amines) is 1. The first-order valence-electron chi connectivity index (χ1n) is 6.34. The zero-order valence-electron chi connectivity index (χ0n) is 10.7. The lowest BCUT2D eigenvalue weighted by atomic mass is 10.3. The first-order valence-corrected chi connectivity index (χ1v) is 8.89. The number of nitrogens with two attached hydrogens (primary N) is 1. The molecule has 1 atom stereocenters. The number of carbonyl (C=O) groups excluding carboxylic acids is 1. The maximum absolute atomic E-state index is 12.1. The van der Waals surface area contributed by atoms with Gasteiger partial charge in [-0.2, -0.15) is 0 Å². The van der Waals surface area contributed by atoms with Gasteiger partial charge >= 0.3 is 0 Å². The summed E-state index contributed by atoms with van der Waals surface area (Å²) in [4.78, 5) is 19.7. The Kier molecular flexibility index (Phi) is 4.21. The van der Waals surface area contributed by atoms with Crippen LogP contribution in [0.2, 0.25) is 0 Å². The van der Waals surface area contributed by atoms with Crippen molar-refractivity contribution in [1.82, 2.24) is 9.88 Å². The first kappa shape index (κ1) is 14.2. The van der Waals surface area contributed by atoms with Gasteiger partial charge in [-0.25, -0.2) is 4.98 Å². The zero-order valence-corrected chi connectivity index (χ0v) is 13.9. The van der Waals surface area contributed by atoms with Crippen molar-refractivity contribution < 1.29 is 4.79 Å². The van der Waals surface area contributed by atoms with Crippen LogP contribution >= 0.6 is 38.6 Å². The minimum absolute atomic E-state index is 0.127. The second-order valence-electron chi connectivity index (χ2n) is 4.84. The highest BCUT2D eigenvalue weighted by Crippen LogP contribution is 2.32. The number of carbonyl (C=O) groups is 1. The van der Waals surface area contributed by atoms with Gasteiger partial charge in [-0.05, 0) is 28.4 Å². The average molecular weight is 372 g/mol. The van der Waals surface area contributed by atoms with E-state index in [-0.39, 0.29) is 11.9 Å². The molecule has 7 heteroatoms. The van der Waals surface area contributed by atoms with Crippen LogP contribution < -0.4 is 5.73 Å². The lowest BCUT2D eigenvalue weighted by Gasteiger charge is -2.14. The quantitative estimate of drug-likeness (QED) is 0.901. The van der Waals surface area contributed by atoms with Crippen molar-refractivity contribution in [2.75, 3.05) is 13.1 Å². The number of amides is 1. The molecular weight excluding hydrogens is 358 g/mol. The van der Waals surface area contributed by atoms with E-state index in [1.165, 1.54) is 0 Å². The molecule has 0 unspecified atom stereocenters. The van der Waals surface area contributed by atoms with E-state index in [9.17, 15) is 4.79 Å². The van der Waals surface area contributed by atoms with Crippen LogP contribution in [0.5, 0.6) is 0 Å². The molecule has 4 nitrogen and oxygen atoms in total. The number of aromatic nitrogens is 1. The predicted octanol–water partition coefficient (Wildman–Crippen LogP) is 2.74. The van der Waals surface area contributed by atoms with E-state index in [0.29, 0.717) is 13.0 Å². The van der Waals surface area contributed by atoms with Crippen molar-refractivity contribution in [2.45, 2.75) is 18.9 Å². The molecule has 0 radical (unpaired) electrons. The third-order valence-electron chi connectivity index (χ3n) is 3.24. The summed E-state index contributed by atoms with van der Waals surface area (Å²) < 4.78 is 1.07. The van der Waals surface area contributed by atoms with Crippen molar-refractivity contribution in [3.05, 3.63) is 27.0 Å². The monoisotopic (exact) mass is 371 g/mol. The number of halogens is 1. The van der Waals surface area contributed by atoms with Gasteiger partial charge in [0.15, 0.2) is 0 Å². The van der Waals surface area contributed by atoms with Crippen molar-refractivity contribution in [2.24, 2.45) is 5.73 Å². The zero-order chi connectivity index (χ0) is 14.1. The van der Waals surface area contributed by atoms with E-state index in [4.69, 9.17) is 5.73 Å². The van der Waals surface area contributed by atoms with Gasteiger partial charge in [-0.3, -0.25) is 4.79 Å². The maximum Gasteiger partial charge on any atom is 0.228 e. The molecule has 0 saturated carbocycles. The van der Waals surface area contributed by atoms with Crippen LogP contribution in [0.1, 0.15) is 12.1 Å². The van der Waals surface area contributed by atoms with Gasteiger partial charge in [0.1, 0.15) is 5.01 Å². The number of thiophene rings is 1. The molecule has 3 rings (SSSR count). The molecule has 1 aliphatic heterocycles. The minimum atomic E-state index is 0.127. The molecule has 1 fully saturated rings. The second-order valence-corrected chi connectivity index (χ2v) is 7.52. The van der Waals surface area contributed by atoms with Crippen LogP contribution in [-0.4, -0.2) is 34.9 Å². The fraction of sp³-hybridized carbons (Fsp3) is 0.385. The normalized spacial score (nSPS) is 18.7. The third kappa shape index (κ3) is 3.11. The molecule has 3 heterocycles. The number of hydrogen-bond donors (Lipinski definition) is 1. The standard InChI is InChI=1S/C13H14BrN3OS2/c14-8-3-11(19-6-8)13-16-10(7-20-13)4-12(18)17-2-1-9(15)5-17/h3,6-7,9H,1-2,4-5,15H2/t9-/m1/s1. The average Bonchev–Trinajstić information content (AvgIpc) is 3.10. The summed E-state index contributed by atoms with van der Waals surface area (Å²) in [5.41, 5.74) is 6.68. The molecule has 0 bridgehead atoms. The molecule has 1 saturated heterocycles. The molecule has 2 N–H and O–H groups in total. The second kappa shape index (κ2) is 5.93. The van der Waals surface area contributed by atoms with Gasteiger partial charge in [0.2, 0.25) is 5.91 Å². The molecule has 1 aliphatic rings. The van der Waals surface area contributed by atoms with E-state index in [1.807, 2.05) is 15.7 Å². The molecule has 0 aliphatic carbocycles. The van der Waals surface area contributed by atoms with Gasteiger partial charge < -0.3 is 10.6 Å². The molecule has 2 aromatic heterocycles. The smallest absolute Gasteiger partial charge is 0.228 e. The Morgan fingerprint density at radius 3 is 3.00 bits per heavy atom. The molecule has 106 valence electrons. The predicted molar refractivity (Wildman–Crippen MR) is 86.0 cm³/mol. The highest BCUT2D eigenvalue weighted by molar-refractivity contribution is 9.10. The summed E-state index contributed by atoms with van der Waals surface area (Å²) in [6.07, 6.45) is 1.27. The molecule has 0 spiro atoms. The summed E-state index contributed by atoms with van der Waals surface area (Å²) >= 11 is 6.68. The van der Waals surface area contributed by atoms with Gasteiger partial charge in [0.25, 0.3) is 0 Å². The largest absolute Gasteiger partial charge is 0.341 e. The van der Waals surface area contributed by atoms with Gasteiger partial charge in [0, 0.05) is 34.4 Å². The maximum atomic E-state index is 12.1. The molecular formula is C13H14BrN3OS2. The van der Waals surface area contributed by atoms with E-state index >= 15 is 0 Å². The van der Waals surface area contributed by atoms with Gasteiger partial charge in [-0.1, -0.05) is 0 Å². The van der Waals surface area contributed by atoms with Crippen LogP contribution in [0.15, 0.2) is 21.3 Å². The van der Waals surface area contributed by atoms with E-state index < -0.39 is 0 Å². The lowest BCUT2D eigenvalue weighted by molar-refractivity contribution is -0.129. The van der Waals surface area contributed by atoms with Gasteiger partial charge in [-0.15, -0.1) is 22.7 Å². The van der Waals surface area contributed by atoms with Gasteiger partial charge in [0.05, 0.1) is 17.0 Å². The van der Waals surface area contributed by atoms with Crippen molar-refractivity contribution in [1.29, 1.82) is 0 Å². The SMILES string of the molecule is N[C@@H]1CCN(C(=O)Cc2csc(-c3cc(Br)cs3)n2)C1. The molecule has 2 aromatic rings. The lowest BCUT2D eigenvalue weighted by Crippen LogP contribution is -2.32. The number of nitrogens with zero attached hydrogens (tertiary/aromatic N) is 2. The van der Waals surface area contributed by atoms with E-state index in [1.54, 1.807) is 22.7 Å². The molecule has 0 aromatic carbocycles. The summed E-state index contributed by atoms with van der Waals surface area (Å²) in [6, 6.07) is 2.18. The van der Waals surface area contributed by atoms with Crippen LogP contribution in [-0.2, 0) is 11.2 Å². The Labute approximate surface area is 133 Å². The van der Waals surface area contributed by atoms with Crippen molar-refractivity contribution in [3.63, 3.8) is 0 Å². The van der Waals surface area contributed by atoms with Crippen LogP contribution in [0.25, 0.3) is 9.88 Å². The molecule has 1 amide bonds. The summed E-state index contributed by atoms with van der Waals surface area (Å²) in [5, 5.41) is 4.98. The number of hydrogen-bond acceptors (Lipinski definition) is 5. The number of rotatable bonds is 3. The minimum Gasteiger partial charge on any atom is -0.341 e. The van der Waals surface area contributed by atoms with Crippen LogP contribution in [0.3, 0.4) is 0 Å². The first-order chi connectivity index (χ1) is 9.61. The summed E-state index contributed by atoms with van der Waals surface area (Å²) in [7, 11) is 0. The Bertz CT molecular complexity index is 625. The summed E-state index contributed by atoms with van der Waals surface area (Å²) in [5.74, 6) is 0.127. The summed E-state index contributed by atoms with van der Waals surface area (Å²) in [6.45, 7) is 1.45. The Morgan fingerprint density at radius 2 is 2.35 bits per heavy atom. The Balaban J connectivity index is 1.67. The van der Waals surface area contributed by atoms with E-state index in [0.717, 1.165) is 33.0 Å². The Morgan fingerprint density at radius 1 is 1.50 bits per heavy atom. The van der Waals surface area contributed by atoms with E-state index in [2.05, 4.69) is 27.0 Å². The fourth-order valence-electron chi connectivity index (χ4n) is 2.21. The third-order valence-corrected chi connectivity index (χ3v) is 5.99. The van der Waals surface area contributed by atoms with Crippen molar-refractivity contribution >= 4 is 44.5 Å². The Hall–Kier alpha value is -0.760. The fourth-order valence-corrected chi connectivity index (χ4v) is 4.53. The highest BCUT2D eigenvalue weighted by atomic mass is 79.9. The van der Waals surface area contributed by atoms with Crippen molar-refractivity contribution in [3.8, 4) is 9.88 Å². The highest BCUT2D eigenvalue weighted by Gasteiger charge is 2.24. The topological polar surface area (TPSA) is 59.2 Å².